The number of primary amides is 1. The van der Waals surface area contributed by atoms with Crippen molar-refractivity contribution in [3.63, 3.8) is 0 Å². The molecule has 154 valence electrons. The summed E-state index contributed by atoms with van der Waals surface area (Å²) in [5, 5.41) is 0. The van der Waals surface area contributed by atoms with Gasteiger partial charge in [0, 0.05) is 29.4 Å². The Kier molecular flexibility index (Phi) is 5.32. The molecule has 1 amide bonds. The average Bonchev–Trinajstić information content (AvgIpc) is 3.27. The van der Waals surface area contributed by atoms with Crippen molar-refractivity contribution >= 4 is 11.7 Å². The standard InChI is InChI=1S/C22H27N3O4/c1-14-9-18(19(26)12-24-7-5-17(6-8-24)22(23)27)15(2)25(14)11-16-3-4-20-21(10-16)29-13-28-20/h3-4,9-10,17H,5-8,11-13H2,1-2H3,(H2,23,27). The lowest BCUT2D eigenvalue weighted by Gasteiger charge is -2.29. The zero-order chi connectivity index (χ0) is 20.5. The van der Waals surface area contributed by atoms with E-state index in [-0.39, 0.29) is 24.4 Å². The van der Waals surface area contributed by atoms with Crippen LogP contribution in [0.25, 0.3) is 0 Å². The van der Waals surface area contributed by atoms with E-state index >= 15 is 0 Å². The van der Waals surface area contributed by atoms with Crippen LogP contribution in [0.5, 0.6) is 11.5 Å². The molecule has 2 aromatic rings. The van der Waals surface area contributed by atoms with Crippen LogP contribution in [0, 0.1) is 19.8 Å². The van der Waals surface area contributed by atoms with Crippen molar-refractivity contribution < 1.29 is 19.1 Å². The van der Waals surface area contributed by atoms with Crippen molar-refractivity contribution in [3.8, 4) is 11.5 Å². The predicted molar refractivity (Wildman–Crippen MR) is 108 cm³/mol. The van der Waals surface area contributed by atoms with Gasteiger partial charge in [-0.2, -0.15) is 0 Å². The maximum absolute atomic E-state index is 12.9. The van der Waals surface area contributed by atoms with Crippen molar-refractivity contribution in [3.05, 3.63) is 46.8 Å². The third-order valence-electron chi connectivity index (χ3n) is 6.01. The van der Waals surface area contributed by atoms with Crippen molar-refractivity contribution in [1.82, 2.24) is 9.47 Å². The van der Waals surface area contributed by atoms with E-state index in [4.69, 9.17) is 15.2 Å². The van der Waals surface area contributed by atoms with Gasteiger partial charge in [-0.3, -0.25) is 14.5 Å². The Hall–Kier alpha value is -2.80. The molecule has 0 spiro atoms. The smallest absolute Gasteiger partial charge is 0.231 e. The predicted octanol–water partition coefficient (Wildman–Crippen LogP) is 2.26. The van der Waals surface area contributed by atoms with Gasteiger partial charge in [-0.25, -0.2) is 0 Å². The Morgan fingerprint density at radius 1 is 1.10 bits per heavy atom. The van der Waals surface area contributed by atoms with Crippen molar-refractivity contribution in [2.45, 2.75) is 33.2 Å². The van der Waals surface area contributed by atoms with Crippen LogP contribution in [0.3, 0.4) is 0 Å². The molecule has 0 bridgehead atoms. The molecular formula is C22H27N3O4. The fourth-order valence-corrected chi connectivity index (χ4v) is 4.21. The van der Waals surface area contributed by atoms with E-state index in [1.54, 1.807) is 0 Å². The van der Waals surface area contributed by atoms with Gasteiger partial charge >= 0.3 is 0 Å². The number of hydrogen-bond donors (Lipinski definition) is 1. The Labute approximate surface area is 170 Å². The number of hydrogen-bond acceptors (Lipinski definition) is 5. The first-order valence-electron chi connectivity index (χ1n) is 10.0. The van der Waals surface area contributed by atoms with Gasteiger partial charge in [0.05, 0.1) is 6.54 Å². The maximum atomic E-state index is 12.9. The molecule has 4 rings (SSSR count). The van der Waals surface area contributed by atoms with Gasteiger partial charge < -0.3 is 19.8 Å². The molecule has 0 atom stereocenters. The molecule has 29 heavy (non-hydrogen) atoms. The monoisotopic (exact) mass is 397 g/mol. The van der Waals surface area contributed by atoms with Crippen molar-refractivity contribution in [2.75, 3.05) is 26.4 Å². The summed E-state index contributed by atoms with van der Waals surface area (Å²) < 4.78 is 13.0. The zero-order valence-electron chi connectivity index (χ0n) is 16.9. The molecule has 2 N–H and O–H groups in total. The average molecular weight is 397 g/mol. The summed E-state index contributed by atoms with van der Waals surface area (Å²) in [6.45, 7) is 6.79. The van der Waals surface area contributed by atoms with E-state index in [0.717, 1.165) is 59.9 Å². The number of ketones is 1. The van der Waals surface area contributed by atoms with E-state index in [1.807, 2.05) is 38.1 Å². The molecule has 2 aliphatic heterocycles. The molecule has 0 unspecified atom stereocenters. The topological polar surface area (TPSA) is 86.8 Å². The number of Topliss-reactive ketones (excluding diaryl/α,β-unsaturated/α-hetero) is 1. The number of piperidine rings is 1. The lowest BCUT2D eigenvalue weighted by atomic mass is 9.96. The summed E-state index contributed by atoms with van der Waals surface area (Å²) in [7, 11) is 0. The summed E-state index contributed by atoms with van der Waals surface area (Å²) in [6.07, 6.45) is 1.46. The Balaban J connectivity index is 1.44. The number of fused-ring (bicyclic) bond motifs is 1. The molecule has 1 aromatic carbocycles. The number of amides is 1. The zero-order valence-corrected chi connectivity index (χ0v) is 16.9. The van der Waals surface area contributed by atoms with E-state index in [2.05, 4.69) is 9.47 Å². The number of carbonyl (C=O) groups is 2. The Bertz CT molecular complexity index is 942. The van der Waals surface area contributed by atoms with Crippen LogP contribution in [0.4, 0.5) is 0 Å². The third kappa shape index (κ3) is 4.00. The number of benzene rings is 1. The summed E-state index contributed by atoms with van der Waals surface area (Å²) in [5.41, 5.74) is 9.28. The lowest BCUT2D eigenvalue weighted by Crippen LogP contribution is -2.40. The number of nitrogens with two attached hydrogens (primary N) is 1. The number of nitrogens with zero attached hydrogens (tertiary/aromatic N) is 2. The number of likely N-dealkylation sites (tertiary alicyclic amines) is 1. The Morgan fingerprint density at radius 2 is 1.83 bits per heavy atom. The summed E-state index contributed by atoms with van der Waals surface area (Å²) in [5.74, 6) is 1.36. The van der Waals surface area contributed by atoms with E-state index in [0.29, 0.717) is 13.1 Å². The number of carbonyl (C=O) groups excluding carboxylic acids is 2. The molecule has 0 saturated carbocycles. The second-order valence-corrected chi connectivity index (χ2v) is 7.93. The molecule has 3 heterocycles. The second kappa shape index (κ2) is 7.91. The highest BCUT2D eigenvalue weighted by Gasteiger charge is 2.25. The lowest BCUT2D eigenvalue weighted by molar-refractivity contribution is -0.123. The first-order valence-corrected chi connectivity index (χ1v) is 10.0. The molecule has 7 nitrogen and oxygen atoms in total. The minimum atomic E-state index is -0.233. The SMILES string of the molecule is Cc1cc(C(=O)CN2CCC(C(N)=O)CC2)c(C)n1Cc1ccc2c(c1)OCO2. The van der Waals surface area contributed by atoms with Gasteiger partial charge in [0.15, 0.2) is 17.3 Å². The van der Waals surface area contributed by atoms with Gasteiger partial charge in [-0.05, 0) is 63.5 Å². The maximum Gasteiger partial charge on any atom is 0.231 e. The highest BCUT2D eigenvalue weighted by Crippen LogP contribution is 2.33. The number of aryl methyl sites for hydroxylation is 1. The minimum Gasteiger partial charge on any atom is -0.454 e. The first kappa shape index (κ1) is 19.5. The summed E-state index contributed by atoms with van der Waals surface area (Å²) >= 11 is 0. The van der Waals surface area contributed by atoms with Crippen LogP contribution in [0.1, 0.15) is 40.2 Å². The molecular weight excluding hydrogens is 370 g/mol. The molecule has 0 radical (unpaired) electrons. The molecule has 1 saturated heterocycles. The minimum absolute atomic E-state index is 0.0619. The van der Waals surface area contributed by atoms with Crippen molar-refractivity contribution in [2.24, 2.45) is 11.7 Å². The fraction of sp³-hybridized carbons (Fsp3) is 0.455. The van der Waals surface area contributed by atoms with Crippen LogP contribution < -0.4 is 15.2 Å². The highest BCUT2D eigenvalue weighted by molar-refractivity contribution is 5.99. The van der Waals surface area contributed by atoms with Crippen LogP contribution in [-0.2, 0) is 11.3 Å². The number of rotatable bonds is 6. The number of ether oxygens (including phenoxy) is 2. The van der Waals surface area contributed by atoms with Gasteiger partial charge in [0.1, 0.15) is 0 Å². The van der Waals surface area contributed by atoms with Gasteiger partial charge in [0.2, 0.25) is 12.7 Å². The largest absolute Gasteiger partial charge is 0.454 e. The first-order chi connectivity index (χ1) is 13.9. The third-order valence-corrected chi connectivity index (χ3v) is 6.01. The normalized spacial score (nSPS) is 16.9. The van der Waals surface area contributed by atoms with Crippen LogP contribution >= 0.6 is 0 Å². The van der Waals surface area contributed by atoms with Crippen LogP contribution in [-0.4, -0.2) is 47.6 Å². The molecule has 1 aromatic heterocycles. The Morgan fingerprint density at radius 3 is 2.55 bits per heavy atom. The quantitative estimate of drug-likeness (QED) is 0.756. The van der Waals surface area contributed by atoms with Crippen LogP contribution in [0.2, 0.25) is 0 Å². The molecule has 2 aliphatic rings. The second-order valence-electron chi connectivity index (χ2n) is 7.93. The van der Waals surface area contributed by atoms with Gasteiger partial charge in [0.25, 0.3) is 0 Å². The van der Waals surface area contributed by atoms with E-state index in [1.165, 1.54) is 0 Å². The van der Waals surface area contributed by atoms with Gasteiger partial charge in [-0.15, -0.1) is 0 Å². The van der Waals surface area contributed by atoms with Gasteiger partial charge in [-0.1, -0.05) is 6.07 Å². The molecule has 0 aliphatic carbocycles. The van der Waals surface area contributed by atoms with E-state index in [9.17, 15) is 9.59 Å². The molecule has 7 heteroatoms. The van der Waals surface area contributed by atoms with Crippen molar-refractivity contribution in [1.29, 1.82) is 0 Å². The fourth-order valence-electron chi connectivity index (χ4n) is 4.21. The number of aromatic nitrogens is 1. The summed E-state index contributed by atoms with van der Waals surface area (Å²) in [6, 6.07) is 7.91. The molecule has 1 fully saturated rings. The summed E-state index contributed by atoms with van der Waals surface area (Å²) in [4.78, 5) is 26.4. The van der Waals surface area contributed by atoms with E-state index < -0.39 is 0 Å². The highest BCUT2D eigenvalue weighted by atomic mass is 16.7. The van der Waals surface area contributed by atoms with Crippen LogP contribution in [0.15, 0.2) is 24.3 Å².